The van der Waals surface area contributed by atoms with Gasteiger partial charge in [0, 0.05) is 0 Å². The Labute approximate surface area is 107 Å². The minimum Gasteiger partial charge on any atom is -0.493 e. The lowest BCUT2D eigenvalue weighted by molar-refractivity contribution is 0.294. The summed E-state index contributed by atoms with van der Waals surface area (Å²) < 4.78 is 10.9. The number of hydrogen-bond donors (Lipinski definition) is 0. The van der Waals surface area contributed by atoms with Crippen molar-refractivity contribution >= 4 is 17.4 Å². The Hall–Kier alpha value is -1.38. The summed E-state index contributed by atoms with van der Waals surface area (Å²) in [5, 5.41) is 2.36. The van der Waals surface area contributed by atoms with Crippen molar-refractivity contribution in [1.82, 2.24) is 0 Å². The molecule has 3 nitrogen and oxygen atoms in total. The lowest BCUT2D eigenvalue weighted by Crippen LogP contribution is -1.99. The maximum atomic E-state index is 5.58. The SMILES string of the molecule is CCCOc1ccc(CCN=C=S)cc1OC. The van der Waals surface area contributed by atoms with Gasteiger partial charge < -0.3 is 9.47 Å². The predicted molar refractivity (Wildman–Crippen MR) is 72.4 cm³/mol. The van der Waals surface area contributed by atoms with Gasteiger partial charge in [0.25, 0.3) is 0 Å². The maximum absolute atomic E-state index is 5.58. The summed E-state index contributed by atoms with van der Waals surface area (Å²) in [7, 11) is 1.65. The number of benzene rings is 1. The summed E-state index contributed by atoms with van der Waals surface area (Å²) >= 11 is 4.52. The highest BCUT2D eigenvalue weighted by Crippen LogP contribution is 2.28. The molecule has 0 spiro atoms. The van der Waals surface area contributed by atoms with Crippen LogP contribution < -0.4 is 9.47 Å². The first-order valence-corrected chi connectivity index (χ1v) is 6.06. The molecular formula is C13H17NO2S. The van der Waals surface area contributed by atoms with Crippen molar-refractivity contribution in [2.75, 3.05) is 20.3 Å². The van der Waals surface area contributed by atoms with Gasteiger partial charge in [-0.1, -0.05) is 13.0 Å². The van der Waals surface area contributed by atoms with E-state index in [4.69, 9.17) is 9.47 Å². The topological polar surface area (TPSA) is 30.8 Å². The quantitative estimate of drug-likeness (QED) is 0.551. The van der Waals surface area contributed by atoms with Crippen LogP contribution in [0.2, 0.25) is 0 Å². The lowest BCUT2D eigenvalue weighted by atomic mass is 10.1. The minimum absolute atomic E-state index is 0.655. The van der Waals surface area contributed by atoms with Crippen molar-refractivity contribution in [3.8, 4) is 11.5 Å². The van der Waals surface area contributed by atoms with Gasteiger partial charge in [-0.05, 0) is 42.8 Å². The van der Waals surface area contributed by atoms with E-state index in [9.17, 15) is 0 Å². The first kappa shape index (κ1) is 13.7. The largest absolute Gasteiger partial charge is 0.493 e. The minimum atomic E-state index is 0.655. The molecule has 4 heteroatoms. The van der Waals surface area contributed by atoms with Crippen LogP contribution in [0.25, 0.3) is 0 Å². The fraction of sp³-hybridized carbons (Fsp3) is 0.462. The van der Waals surface area contributed by atoms with Crippen LogP contribution in [0.15, 0.2) is 23.2 Å². The van der Waals surface area contributed by atoms with Gasteiger partial charge in [-0.25, -0.2) is 4.99 Å². The van der Waals surface area contributed by atoms with E-state index in [1.807, 2.05) is 18.2 Å². The third-order valence-corrected chi connectivity index (χ3v) is 2.40. The van der Waals surface area contributed by atoms with Crippen LogP contribution in [0.5, 0.6) is 11.5 Å². The van der Waals surface area contributed by atoms with Crippen LogP contribution in [0.4, 0.5) is 0 Å². The average Bonchev–Trinajstić information content (AvgIpc) is 2.37. The molecule has 0 amide bonds. The van der Waals surface area contributed by atoms with Crippen molar-refractivity contribution in [1.29, 1.82) is 0 Å². The van der Waals surface area contributed by atoms with Gasteiger partial charge >= 0.3 is 0 Å². The summed E-state index contributed by atoms with van der Waals surface area (Å²) in [6.07, 6.45) is 1.81. The Balaban J connectivity index is 2.73. The Bertz CT molecular complexity index is 400. The van der Waals surface area contributed by atoms with Crippen LogP contribution in [-0.2, 0) is 6.42 Å². The first-order valence-electron chi connectivity index (χ1n) is 5.65. The van der Waals surface area contributed by atoms with E-state index in [2.05, 4.69) is 29.3 Å². The van der Waals surface area contributed by atoms with Crippen LogP contribution >= 0.6 is 12.2 Å². The number of thiocarbonyl (C=S) groups is 1. The van der Waals surface area contributed by atoms with E-state index < -0.39 is 0 Å². The molecule has 0 saturated heterocycles. The third kappa shape index (κ3) is 4.55. The zero-order valence-electron chi connectivity index (χ0n) is 10.2. The molecule has 0 atom stereocenters. The smallest absolute Gasteiger partial charge is 0.161 e. The number of rotatable bonds is 7. The highest BCUT2D eigenvalue weighted by molar-refractivity contribution is 7.78. The zero-order valence-corrected chi connectivity index (χ0v) is 11.0. The molecule has 0 heterocycles. The van der Waals surface area contributed by atoms with Gasteiger partial charge in [-0.2, -0.15) is 0 Å². The number of hydrogen-bond acceptors (Lipinski definition) is 4. The molecule has 92 valence electrons. The van der Waals surface area contributed by atoms with E-state index in [1.54, 1.807) is 7.11 Å². The number of ether oxygens (including phenoxy) is 2. The Morgan fingerprint density at radius 1 is 1.35 bits per heavy atom. The number of isothiocyanates is 1. The fourth-order valence-corrected chi connectivity index (χ4v) is 1.52. The second-order valence-corrected chi connectivity index (χ2v) is 3.74. The Morgan fingerprint density at radius 2 is 2.18 bits per heavy atom. The van der Waals surface area contributed by atoms with Crippen molar-refractivity contribution in [3.63, 3.8) is 0 Å². The molecule has 0 unspecified atom stereocenters. The molecule has 1 aromatic rings. The van der Waals surface area contributed by atoms with Crippen molar-refractivity contribution < 1.29 is 9.47 Å². The van der Waals surface area contributed by atoms with Crippen molar-refractivity contribution in [2.24, 2.45) is 4.99 Å². The summed E-state index contributed by atoms with van der Waals surface area (Å²) in [6, 6.07) is 5.93. The van der Waals surface area contributed by atoms with Gasteiger partial charge in [0.2, 0.25) is 0 Å². The van der Waals surface area contributed by atoms with Crippen molar-refractivity contribution in [3.05, 3.63) is 23.8 Å². The molecule has 1 aromatic carbocycles. The van der Waals surface area contributed by atoms with Crippen LogP contribution in [0.3, 0.4) is 0 Å². The van der Waals surface area contributed by atoms with Gasteiger partial charge in [0.1, 0.15) is 0 Å². The molecule has 0 saturated carbocycles. The van der Waals surface area contributed by atoms with Crippen molar-refractivity contribution in [2.45, 2.75) is 19.8 Å². The summed E-state index contributed by atoms with van der Waals surface area (Å²) in [6.45, 7) is 3.43. The third-order valence-electron chi connectivity index (χ3n) is 2.27. The molecule has 0 N–H and O–H groups in total. The zero-order chi connectivity index (χ0) is 12.5. The standard InChI is InChI=1S/C13H17NO2S/c1-3-8-16-12-5-4-11(6-7-14-10-17)9-13(12)15-2/h4-5,9H,3,6-8H2,1-2H3. The summed E-state index contributed by atoms with van der Waals surface area (Å²) in [5.41, 5.74) is 1.15. The monoisotopic (exact) mass is 251 g/mol. The van der Waals surface area contributed by atoms with Gasteiger partial charge in [-0.3, -0.25) is 0 Å². The molecule has 0 aromatic heterocycles. The Kier molecular flexibility index (Phi) is 6.30. The predicted octanol–water partition coefficient (Wildman–Crippen LogP) is 3.13. The summed E-state index contributed by atoms with van der Waals surface area (Å²) in [5.74, 6) is 1.55. The lowest BCUT2D eigenvalue weighted by Gasteiger charge is -2.11. The van der Waals surface area contributed by atoms with Crippen LogP contribution in [0.1, 0.15) is 18.9 Å². The molecule has 17 heavy (non-hydrogen) atoms. The normalized spacial score (nSPS) is 9.53. The van der Waals surface area contributed by atoms with Crippen LogP contribution in [-0.4, -0.2) is 25.4 Å². The number of aliphatic imine (C=N–C) groups is 1. The van der Waals surface area contributed by atoms with Gasteiger partial charge in [0.05, 0.1) is 25.4 Å². The van der Waals surface area contributed by atoms with Crippen LogP contribution in [0, 0.1) is 0 Å². The molecule has 0 radical (unpaired) electrons. The molecule has 0 aliphatic carbocycles. The Morgan fingerprint density at radius 3 is 2.82 bits per heavy atom. The molecule has 0 aliphatic rings. The average molecular weight is 251 g/mol. The molecule has 1 rings (SSSR count). The van der Waals surface area contributed by atoms with E-state index in [-0.39, 0.29) is 0 Å². The molecule has 0 bridgehead atoms. The fourth-order valence-electron chi connectivity index (χ4n) is 1.43. The van der Waals surface area contributed by atoms with E-state index >= 15 is 0 Å². The second kappa shape index (κ2) is 7.82. The molecule has 0 aliphatic heterocycles. The van der Waals surface area contributed by atoms with Gasteiger partial charge in [-0.15, -0.1) is 0 Å². The number of methoxy groups -OCH3 is 1. The van der Waals surface area contributed by atoms with E-state index in [0.29, 0.717) is 13.2 Å². The highest BCUT2D eigenvalue weighted by Gasteiger charge is 2.05. The van der Waals surface area contributed by atoms with Gasteiger partial charge in [0.15, 0.2) is 11.5 Å². The second-order valence-electron chi connectivity index (χ2n) is 3.56. The van der Waals surface area contributed by atoms with E-state index in [1.165, 1.54) is 0 Å². The number of nitrogens with zero attached hydrogens (tertiary/aromatic N) is 1. The molecular weight excluding hydrogens is 234 g/mol. The molecule has 0 fully saturated rings. The first-order chi connectivity index (χ1) is 8.31. The highest BCUT2D eigenvalue weighted by atomic mass is 32.1. The summed E-state index contributed by atoms with van der Waals surface area (Å²) in [4.78, 5) is 3.89. The maximum Gasteiger partial charge on any atom is 0.161 e. The van der Waals surface area contributed by atoms with E-state index in [0.717, 1.165) is 29.9 Å².